The molecule has 1 aromatic carbocycles. The van der Waals surface area contributed by atoms with Crippen molar-refractivity contribution in [2.24, 2.45) is 0 Å². The van der Waals surface area contributed by atoms with Crippen molar-refractivity contribution in [1.29, 1.82) is 0 Å². The third-order valence-corrected chi connectivity index (χ3v) is 3.89. The molecule has 0 fully saturated rings. The van der Waals surface area contributed by atoms with Crippen LogP contribution in [0, 0.1) is 0 Å². The number of ether oxygens (including phenoxy) is 1. The average molecular weight is 401 g/mol. The molecular formula is C18H17BrN4O2. The quantitative estimate of drug-likeness (QED) is 0.611. The minimum Gasteiger partial charge on any atom is -0.494 e. The van der Waals surface area contributed by atoms with Gasteiger partial charge in [0.2, 0.25) is 5.91 Å². The van der Waals surface area contributed by atoms with Crippen molar-refractivity contribution in [2.75, 3.05) is 11.9 Å². The van der Waals surface area contributed by atoms with Crippen LogP contribution in [0.3, 0.4) is 0 Å². The van der Waals surface area contributed by atoms with E-state index in [1.54, 1.807) is 41.5 Å². The Hall–Kier alpha value is -2.67. The first kappa shape index (κ1) is 17.2. The standard InChI is InChI=1S/C18H17BrN4O2/c19-14-5-1-6-15(13-14)25-12-3-8-17(24)22-16-7-2-9-20-18(16)23-11-4-10-21-23/h1-2,4-7,9-11,13H,3,8,12H2,(H,22,24). The molecule has 0 bridgehead atoms. The summed E-state index contributed by atoms with van der Waals surface area (Å²) in [5, 5.41) is 7.03. The molecule has 1 amide bonds. The number of carbonyl (C=O) groups is 1. The highest BCUT2D eigenvalue weighted by atomic mass is 79.9. The zero-order chi connectivity index (χ0) is 17.5. The largest absolute Gasteiger partial charge is 0.494 e. The lowest BCUT2D eigenvalue weighted by atomic mass is 10.3. The van der Waals surface area contributed by atoms with Gasteiger partial charge in [-0.2, -0.15) is 5.10 Å². The molecule has 0 radical (unpaired) electrons. The predicted octanol–water partition coefficient (Wildman–Crippen LogP) is 3.83. The number of anilines is 1. The zero-order valence-corrected chi connectivity index (χ0v) is 15.0. The molecule has 3 rings (SSSR count). The number of hydrogen-bond acceptors (Lipinski definition) is 4. The molecule has 0 unspecified atom stereocenters. The summed E-state index contributed by atoms with van der Waals surface area (Å²) in [6, 6.07) is 13.0. The van der Waals surface area contributed by atoms with Gasteiger partial charge in [0, 0.05) is 29.5 Å². The summed E-state index contributed by atoms with van der Waals surface area (Å²) in [5.41, 5.74) is 0.629. The lowest BCUT2D eigenvalue weighted by Gasteiger charge is -2.10. The zero-order valence-electron chi connectivity index (χ0n) is 13.4. The summed E-state index contributed by atoms with van der Waals surface area (Å²) in [6.45, 7) is 0.475. The van der Waals surface area contributed by atoms with E-state index in [0.29, 0.717) is 31.0 Å². The minimum absolute atomic E-state index is 0.0840. The molecule has 0 saturated heterocycles. The van der Waals surface area contributed by atoms with Crippen LogP contribution in [0.5, 0.6) is 5.75 Å². The van der Waals surface area contributed by atoms with Gasteiger partial charge in [-0.25, -0.2) is 9.67 Å². The fourth-order valence-electron chi connectivity index (χ4n) is 2.26. The lowest BCUT2D eigenvalue weighted by molar-refractivity contribution is -0.116. The van der Waals surface area contributed by atoms with Gasteiger partial charge in [-0.05, 0) is 42.8 Å². The van der Waals surface area contributed by atoms with Crippen LogP contribution in [0.2, 0.25) is 0 Å². The van der Waals surface area contributed by atoms with Crippen LogP contribution < -0.4 is 10.1 Å². The topological polar surface area (TPSA) is 69.0 Å². The average Bonchev–Trinajstić information content (AvgIpc) is 3.14. The van der Waals surface area contributed by atoms with Crippen LogP contribution in [0.15, 0.2) is 65.5 Å². The Morgan fingerprint density at radius 3 is 2.92 bits per heavy atom. The van der Waals surface area contributed by atoms with Gasteiger partial charge in [-0.3, -0.25) is 4.79 Å². The molecule has 0 atom stereocenters. The Kier molecular flexibility index (Phi) is 5.79. The predicted molar refractivity (Wildman–Crippen MR) is 98.9 cm³/mol. The Labute approximate surface area is 154 Å². The van der Waals surface area contributed by atoms with Gasteiger partial charge < -0.3 is 10.1 Å². The van der Waals surface area contributed by atoms with E-state index in [0.717, 1.165) is 10.2 Å². The Balaban J connectivity index is 1.50. The van der Waals surface area contributed by atoms with Gasteiger partial charge in [0.25, 0.3) is 0 Å². The van der Waals surface area contributed by atoms with Crippen molar-refractivity contribution >= 4 is 27.5 Å². The number of pyridine rings is 1. The Morgan fingerprint density at radius 1 is 1.20 bits per heavy atom. The monoisotopic (exact) mass is 400 g/mol. The first-order chi connectivity index (χ1) is 12.2. The maximum atomic E-state index is 12.2. The Morgan fingerprint density at radius 2 is 2.12 bits per heavy atom. The maximum Gasteiger partial charge on any atom is 0.224 e. The molecule has 0 spiro atoms. The van der Waals surface area contributed by atoms with Crippen molar-refractivity contribution in [1.82, 2.24) is 14.8 Å². The van der Waals surface area contributed by atoms with Crippen molar-refractivity contribution < 1.29 is 9.53 Å². The van der Waals surface area contributed by atoms with E-state index < -0.39 is 0 Å². The number of nitrogens with one attached hydrogen (secondary N) is 1. The third kappa shape index (κ3) is 4.90. The summed E-state index contributed by atoms with van der Waals surface area (Å²) in [5.74, 6) is 1.29. The van der Waals surface area contributed by atoms with E-state index in [9.17, 15) is 4.79 Å². The van der Waals surface area contributed by atoms with Crippen LogP contribution >= 0.6 is 15.9 Å². The fraction of sp³-hybridized carbons (Fsp3) is 0.167. The summed E-state index contributed by atoms with van der Waals surface area (Å²) in [6.07, 6.45) is 6.10. The van der Waals surface area contributed by atoms with Crippen LogP contribution in [-0.4, -0.2) is 27.3 Å². The molecule has 3 aromatic rings. The van der Waals surface area contributed by atoms with Gasteiger partial charge in [0.15, 0.2) is 5.82 Å². The second kappa shape index (κ2) is 8.43. The molecule has 0 aliphatic heterocycles. The molecule has 25 heavy (non-hydrogen) atoms. The molecule has 2 heterocycles. The maximum absolute atomic E-state index is 12.2. The molecule has 0 aliphatic carbocycles. The SMILES string of the molecule is O=C(CCCOc1cccc(Br)c1)Nc1cccnc1-n1cccn1. The van der Waals surface area contributed by atoms with Crippen molar-refractivity contribution in [3.63, 3.8) is 0 Å². The molecular weight excluding hydrogens is 384 g/mol. The van der Waals surface area contributed by atoms with Gasteiger partial charge in [-0.15, -0.1) is 0 Å². The number of rotatable bonds is 7. The molecule has 7 heteroatoms. The van der Waals surface area contributed by atoms with Crippen LogP contribution in [0.4, 0.5) is 5.69 Å². The van der Waals surface area contributed by atoms with Crippen LogP contribution in [0.25, 0.3) is 5.82 Å². The molecule has 1 N–H and O–H groups in total. The second-order valence-corrected chi connectivity index (χ2v) is 6.20. The number of aromatic nitrogens is 3. The first-order valence-electron chi connectivity index (χ1n) is 7.85. The molecule has 6 nitrogen and oxygen atoms in total. The van der Waals surface area contributed by atoms with Crippen molar-refractivity contribution in [2.45, 2.75) is 12.8 Å². The molecule has 128 valence electrons. The number of hydrogen-bond donors (Lipinski definition) is 1. The number of benzene rings is 1. The molecule has 0 saturated carbocycles. The molecule has 0 aliphatic rings. The van der Waals surface area contributed by atoms with Gasteiger partial charge in [0.1, 0.15) is 5.75 Å². The number of carbonyl (C=O) groups excluding carboxylic acids is 1. The highest BCUT2D eigenvalue weighted by Crippen LogP contribution is 2.18. The van der Waals surface area contributed by atoms with E-state index in [-0.39, 0.29) is 5.91 Å². The summed E-state index contributed by atoms with van der Waals surface area (Å²) < 4.78 is 8.21. The van der Waals surface area contributed by atoms with Crippen molar-refractivity contribution in [3.8, 4) is 11.6 Å². The first-order valence-corrected chi connectivity index (χ1v) is 8.65. The van der Waals surface area contributed by atoms with E-state index in [1.807, 2.05) is 24.3 Å². The third-order valence-electron chi connectivity index (χ3n) is 3.40. The summed E-state index contributed by atoms with van der Waals surface area (Å²) >= 11 is 3.40. The summed E-state index contributed by atoms with van der Waals surface area (Å²) in [4.78, 5) is 16.4. The Bertz CT molecular complexity index is 837. The number of nitrogens with zero attached hydrogens (tertiary/aromatic N) is 3. The van der Waals surface area contributed by atoms with Crippen LogP contribution in [0.1, 0.15) is 12.8 Å². The van der Waals surface area contributed by atoms with Gasteiger partial charge >= 0.3 is 0 Å². The second-order valence-electron chi connectivity index (χ2n) is 5.28. The smallest absolute Gasteiger partial charge is 0.224 e. The normalized spacial score (nSPS) is 10.4. The molecule has 2 aromatic heterocycles. The summed E-state index contributed by atoms with van der Waals surface area (Å²) in [7, 11) is 0. The van der Waals surface area contributed by atoms with Gasteiger partial charge in [-0.1, -0.05) is 22.0 Å². The minimum atomic E-state index is -0.0840. The van der Waals surface area contributed by atoms with Crippen LogP contribution in [-0.2, 0) is 4.79 Å². The highest BCUT2D eigenvalue weighted by Gasteiger charge is 2.09. The highest BCUT2D eigenvalue weighted by molar-refractivity contribution is 9.10. The fourth-order valence-corrected chi connectivity index (χ4v) is 2.64. The van der Waals surface area contributed by atoms with E-state index >= 15 is 0 Å². The van der Waals surface area contributed by atoms with Crippen molar-refractivity contribution in [3.05, 3.63) is 65.5 Å². The van der Waals surface area contributed by atoms with E-state index in [2.05, 4.69) is 31.3 Å². The number of amides is 1. The van der Waals surface area contributed by atoms with E-state index in [1.165, 1.54) is 0 Å². The lowest BCUT2D eigenvalue weighted by Crippen LogP contribution is -2.15. The van der Waals surface area contributed by atoms with Gasteiger partial charge in [0.05, 0.1) is 12.3 Å². The number of halogens is 1. The van der Waals surface area contributed by atoms with E-state index in [4.69, 9.17) is 4.74 Å².